The summed E-state index contributed by atoms with van der Waals surface area (Å²) >= 11 is 0. The molecule has 1 amide bonds. The molecule has 3 heterocycles. The molecule has 1 atom stereocenters. The van der Waals surface area contributed by atoms with E-state index in [2.05, 4.69) is 20.5 Å². The minimum Gasteiger partial charge on any atom is -0.356 e. The Hall–Kier alpha value is -1.62. The number of hydrogen-bond acceptors (Lipinski definition) is 4. The number of hydrogen-bond donors (Lipinski definition) is 2. The summed E-state index contributed by atoms with van der Waals surface area (Å²) < 4.78 is 0. The zero-order chi connectivity index (χ0) is 14.5. The second-order valence-corrected chi connectivity index (χ2v) is 5.96. The average molecular weight is 288 g/mol. The minimum atomic E-state index is 0.0209. The Balaban J connectivity index is 1.46. The quantitative estimate of drug-likeness (QED) is 0.880. The molecular formula is C16H24N4O. The minimum absolute atomic E-state index is 0.0209. The van der Waals surface area contributed by atoms with Crippen LogP contribution in [0.1, 0.15) is 32.1 Å². The maximum Gasteiger partial charge on any atom is 0.237 e. The van der Waals surface area contributed by atoms with Gasteiger partial charge in [-0.3, -0.25) is 4.79 Å². The summed E-state index contributed by atoms with van der Waals surface area (Å²) in [5, 5.41) is 6.52. The second-order valence-electron chi connectivity index (χ2n) is 5.96. The van der Waals surface area contributed by atoms with Crippen molar-refractivity contribution >= 4 is 11.7 Å². The lowest BCUT2D eigenvalue weighted by atomic mass is 10.0. The molecule has 0 aliphatic carbocycles. The standard InChI is InChI=1S/C16H24N4O/c21-16(14-5-1-3-9-17-14)19-13-7-11-20(12-8-13)15-6-2-4-10-18-15/h2,4,6,10,13-14,17H,1,3,5,7-9,11-12H2,(H,19,21)/t14-/m0/s1. The summed E-state index contributed by atoms with van der Waals surface area (Å²) in [7, 11) is 0. The fraction of sp³-hybridized carbons (Fsp3) is 0.625. The van der Waals surface area contributed by atoms with Crippen molar-refractivity contribution in [1.29, 1.82) is 0 Å². The van der Waals surface area contributed by atoms with E-state index in [1.54, 1.807) is 0 Å². The monoisotopic (exact) mass is 288 g/mol. The van der Waals surface area contributed by atoms with Gasteiger partial charge in [0, 0.05) is 25.3 Å². The molecule has 2 saturated heterocycles. The van der Waals surface area contributed by atoms with Crippen LogP contribution in [-0.2, 0) is 4.79 Å². The van der Waals surface area contributed by atoms with Crippen LogP contribution in [0.25, 0.3) is 0 Å². The second kappa shape index (κ2) is 6.89. The highest BCUT2D eigenvalue weighted by Gasteiger charge is 2.25. The van der Waals surface area contributed by atoms with Crippen LogP contribution < -0.4 is 15.5 Å². The summed E-state index contributed by atoms with van der Waals surface area (Å²) in [5.41, 5.74) is 0. The molecule has 1 aromatic heterocycles. The van der Waals surface area contributed by atoms with E-state index in [4.69, 9.17) is 0 Å². The fourth-order valence-corrected chi connectivity index (χ4v) is 3.17. The Bertz CT molecular complexity index is 451. The van der Waals surface area contributed by atoms with Crippen LogP contribution >= 0.6 is 0 Å². The van der Waals surface area contributed by atoms with Gasteiger partial charge in [-0.25, -0.2) is 4.98 Å². The summed E-state index contributed by atoms with van der Waals surface area (Å²) in [6, 6.07) is 6.33. The van der Waals surface area contributed by atoms with Crippen LogP contribution in [0.5, 0.6) is 0 Å². The van der Waals surface area contributed by atoms with Crippen molar-refractivity contribution in [3.05, 3.63) is 24.4 Å². The molecule has 2 fully saturated rings. The summed E-state index contributed by atoms with van der Waals surface area (Å²) in [6.07, 6.45) is 7.13. The summed E-state index contributed by atoms with van der Waals surface area (Å²) in [6.45, 7) is 2.89. The van der Waals surface area contributed by atoms with Crippen molar-refractivity contribution in [2.45, 2.75) is 44.2 Å². The lowest BCUT2D eigenvalue weighted by molar-refractivity contribution is -0.124. The van der Waals surface area contributed by atoms with Gasteiger partial charge in [0.15, 0.2) is 0 Å². The van der Waals surface area contributed by atoms with E-state index in [0.717, 1.165) is 51.1 Å². The van der Waals surface area contributed by atoms with Crippen molar-refractivity contribution in [2.24, 2.45) is 0 Å². The van der Waals surface area contributed by atoms with Crippen molar-refractivity contribution in [2.75, 3.05) is 24.5 Å². The Morgan fingerprint density at radius 1 is 1.24 bits per heavy atom. The Morgan fingerprint density at radius 3 is 2.76 bits per heavy atom. The third-order valence-electron chi connectivity index (χ3n) is 4.44. The zero-order valence-electron chi connectivity index (χ0n) is 12.4. The predicted molar refractivity (Wildman–Crippen MR) is 83.3 cm³/mol. The van der Waals surface area contributed by atoms with Gasteiger partial charge < -0.3 is 15.5 Å². The number of piperidine rings is 2. The predicted octanol–water partition coefficient (Wildman–Crippen LogP) is 1.31. The molecule has 5 heteroatoms. The van der Waals surface area contributed by atoms with Crippen LogP contribution in [0.15, 0.2) is 24.4 Å². The van der Waals surface area contributed by atoms with Crippen LogP contribution in [0.3, 0.4) is 0 Å². The Morgan fingerprint density at radius 2 is 2.10 bits per heavy atom. The molecule has 5 nitrogen and oxygen atoms in total. The molecule has 1 aromatic rings. The lowest BCUT2D eigenvalue weighted by Gasteiger charge is -2.34. The number of amides is 1. The summed E-state index contributed by atoms with van der Waals surface area (Å²) in [4.78, 5) is 18.9. The number of nitrogens with one attached hydrogen (secondary N) is 2. The van der Waals surface area contributed by atoms with Crippen LogP contribution in [-0.4, -0.2) is 42.6 Å². The molecule has 0 bridgehead atoms. The maximum atomic E-state index is 12.2. The highest BCUT2D eigenvalue weighted by Crippen LogP contribution is 2.17. The number of nitrogens with zero attached hydrogens (tertiary/aromatic N) is 2. The molecule has 0 saturated carbocycles. The van der Waals surface area contributed by atoms with Gasteiger partial charge in [0.2, 0.25) is 5.91 Å². The van der Waals surface area contributed by atoms with Gasteiger partial charge in [0.1, 0.15) is 5.82 Å². The first kappa shape index (κ1) is 14.3. The van der Waals surface area contributed by atoms with E-state index in [1.807, 2.05) is 24.4 Å². The number of carbonyl (C=O) groups is 1. The molecule has 2 aliphatic rings. The first-order valence-electron chi connectivity index (χ1n) is 8.02. The molecule has 2 N–H and O–H groups in total. The van der Waals surface area contributed by atoms with Crippen molar-refractivity contribution in [1.82, 2.24) is 15.6 Å². The number of rotatable bonds is 3. The van der Waals surface area contributed by atoms with E-state index in [1.165, 1.54) is 6.42 Å². The molecule has 3 rings (SSSR count). The molecule has 2 aliphatic heterocycles. The number of anilines is 1. The molecule has 0 unspecified atom stereocenters. The van der Waals surface area contributed by atoms with Crippen LogP contribution in [0, 0.1) is 0 Å². The molecule has 0 spiro atoms. The SMILES string of the molecule is O=C(NC1CCN(c2ccccn2)CC1)[C@@H]1CCCCN1. The molecule has 114 valence electrons. The van der Waals surface area contributed by atoms with Gasteiger partial charge in [-0.05, 0) is 44.4 Å². The lowest BCUT2D eigenvalue weighted by Crippen LogP contribution is -2.52. The topological polar surface area (TPSA) is 57.3 Å². The van der Waals surface area contributed by atoms with Crippen LogP contribution in [0.2, 0.25) is 0 Å². The largest absolute Gasteiger partial charge is 0.356 e. The van der Waals surface area contributed by atoms with Gasteiger partial charge in [-0.1, -0.05) is 12.5 Å². The third kappa shape index (κ3) is 3.73. The summed E-state index contributed by atoms with van der Waals surface area (Å²) in [5.74, 6) is 1.22. The van der Waals surface area contributed by atoms with Crippen LogP contribution in [0.4, 0.5) is 5.82 Å². The number of aromatic nitrogens is 1. The van der Waals surface area contributed by atoms with Gasteiger partial charge in [0.25, 0.3) is 0 Å². The normalized spacial score (nSPS) is 23.8. The van der Waals surface area contributed by atoms with E-state index in [-0.39, 0.29) is 11.9 Å². The van der Waals surface area contributed by atoms with Gasteiger partial charge in [0.05, 0.1) is 6.04 Å². The number of pyridine rings is 1. The highest BCUT2D eigenvalue weighted by atomic mass is 16.2. The Kier molecular flexibility index (Phi) is 4.70. The first-order chi connectivity index (χ1) is 10.3. The van der Waals surface area contributed by atoms with Crippen molar-refractivity contribution in [3.63, 3.8) is 0 Å². The van der Waals surface area contributed by atoms with Gasteiger partial charge in [-0.15, -0.1) is 0 Å². The molecular weight excluding hydrogens is 264 g/mol. The van der Waals surface area contributed by atoms with E-state index < -0.39 is 0 Å². The average Bonchev–Trinajstić information content (AvgIpc) is 2.57. The van der Waals surface area contributed by atoms with Gasteiger partial charge in [-0.2, -0.15) is 0 Å². The van der Waals surface area contributed by atoms with Crippen molar-refractivity contribution in [3.8, 4) is 0 Å². The van der Waals surface area contributed by atoms with Gasteiger partial charge >= 0.3 is 0 Å². The fourth-order valence-electron chi connectivity index (χ4n) is 3.17. The Labute approximate surface area is 126 Å². The van der Waals surface area contributed by atoms with Crippen molar-refractivity contribution < 1.29 is 4.79 Å². The number of carbonyl (C=O) groups excluding carboxylic acids is 1. The molecule has 0 radical (unpaired) electrons. The highest BCUT2D eigenvalue weighted by molar-refractivity contribution is 5.82. The van der Waals surface area contributed by atoms with E-state index >= 15 is 0 Å². The zero-order valence-corrected chi connectivity index (χ0v) is 12.4. The smallest absolute Gasteiger partial charge is 0.237 e. The maximum absolute atomic E-state index is 12.2. The van der Waals surface area contributed by atoms with E-state index in [0.29, 0.717) is 6.04 Å². The van der Waals surface area contributed by atoms with E-state index in [9.17, 15) is 4.79 Å². The first-order valence-corrected chi connectivity index (χ1v) is 8.02. The molecule has 21 heavy (non-hydrogen) atoms. The third-order valence-corrected chi connectivity index (χ3v) is 4.44. The molecule has 0 aromatic carbocycles.